The van der Waals surface area contributed by atoms with E-state index < -0.39 is 12.0 Å². The first kappa shape index (κ1) is 13.5. The van der Waals surface area contributed by atoms with Crippen molar-refractivity contribution in [3.63, 3.8) is 0 Å². The van der Waals surface area contributed by atoms with E-state index in [4.69, 9.17) is 0 Å². The molecule has 1 saturated heterocycles. The summed E-state index contributed by atoms with van der Waals surface area (Å²) in [6.07, 6.45) is 0.932. The lowest BCUT2D eigenvalue weighted by molar-refractivity contribution is -0.142. The van der Waals surface area contributed by atoms with Gasteiger partial charge in [0.05, 0.1) is 6.04 Å². The zero-order valence-electron chi connectivity index (χ0n) is 10.8. The Hall–Kier alpha value is -1.88. The van der Waals surface area contributed by atoms with E-state index in [1.165, 1.54) is 0 Å². The maximum atomic E-state index is 12.1. The second-order valence-corrected chi connectivity index (χ2v) is 4.89. The molecule has 0 spiro atoms. The van der Waals surface area contributed by atoms with Crippen molar-refractivity contribution in [2.24, 2.45) is 5.92 Å². The predicted octanol–water partition coefficient (Wildman–Crippen LogP) is 0.926. The van der Waals surface area contributed by atoms with E-state index in [2.05, 4.69) is 10.6 Å². The molecule has 0 radical (unpaired) electrons. The van der Waals surface area contributed by atoms with Crippen LogP contribution < -0.4 is 10.6 Å². The molecule has 0 bridgehead atoms. The monoisotopic (exact) mass is 262 g/mol. The highest BCUT2D eigenvalue weighted by Gasteiger charge is 2.32. The van der Waals surface area contributed by atoms with Gasteiger partial charge in [0, 0.05) is 0 Å². The van der Waals surface area contributed by atoms with Crippen LogP contribution in [0.5, 0.6) is 0 Å². The first-order valence-corrected chi connectivity index (χ1v) is 6.41. The van der Waals surface area contributed by atoms with E-state index in [1.807, 2.05) is 13.0 Å². The van der Waals surface area contributed by atoms with E-state index in [1.54, 1.807) is 24.3 Å². The SMILES string of the molecule is CC1CCNC1C(=O)NC(C(=O)O)c1ccccc1. The number of carboxylic acid groups (broad SMARTS) is 1. The number of carboxylic acids is 1. The average molecular weight is 262 g/mol. The summed E-state index contributed by atoms with van der Waals surface area (Å²) < 4.78 is 0. The minimum atomic E-state index is -1.05. The minimum absolute atomic E-state index is 0.227. The van der Waals surface area contributed by atoms with Crippen molar-refractivity contribution in [1.82, 2.24) is 10.6 Å². The smallest absolute Gasteiger partial charge is 0.330 e. The molecule has 3 atom stereocenters. The topological polar surface area (TPSA) is 78.4 Å². The summed E-state index contributed by atoms with van der Waals surface area (Å²) in [5.74, 6) is -1.07. The van der Waals surface area contributed by atoms with Gasteiger partial charge in [0.15, 0.2) is 6.04 Å². The van der Waals surface area contributed by atoms with Gasteiger partial charge in [-0.15, -0.1) is 0 Å². The maximum absolute atomic E-state index is 12.1. The molecule has 0 aromatic heterocycles. The van der Waals surface area contributed by atoms with Crippen molar-refractivity contribution in [3.05, 3.63) is 35.9 Å². The van der Waals surface area contributed by atoms with E-state index >= 15 is 0 Å². The molecule has 3 unspecified atom stereocenters. The highest BCUT2D eigenvalue weighted by Crippen LogP contribution is 2.17. The summed E-state index contributed by atoms with van der Waals surface area (Å²) in [6, 6.07) is 7.43. The van der Waals surface area contributed by atoms with Crippen LogP contribution in [0.2, 0.25) is 0 Å². The van der Waals surface area contributed by atoms with Crippen molar-refractivity contribution in [2.45, 2.75) is 25.4 Å². The van der Waals surface area contributed by atoms with Crippen molar-refractivity contribution in [2.75, 3.05) is 6.54 Å². The number of benzene rings is 1. The summed E-state index contributed by atoms with van der Waals surface area (Å²) >= 11 is 0. The van der Waals surface area contributed by atoms with E-state index in [0.717, 1.165) is 13.0 Å². The molecule has 2 rings (SSSR count). The maximum Gasteiger partial charge on any atom is 0.330 e. The Bertz CT molecular complexity index is 461. The summed E-state index contributed by atoms with van der Waals surface area (Å²) in [5, 5.41) is 15.0. The van der Waals surface area contributed by atoms with E-state index in [9.17, 15) is 14.7 Å². The summed E-state index contributed by atoms with van der Waals surface area (Å²) in [6.45, 7) is 2.78. The summed E-state index contributed by atoms with van der Waals surface area (Å²) in [5.41, 5.74) is 0.578. The number of nitrogens with one attached hydrogen (secondary N) is 2. The van der Waals surface area contributed by atoms with Gasteiger partial charge in [0.1, 0.15) is 0 Å². The lowest BCUT2D eigenvalue weighted by atomic mass is 10.0. The number of hydrogen-bond acceptors (Lipinski definition) is 3. The molecule has 1 aromatic rings. The van der Waals surface area contributed by atoms with Crippen LogP contribution in [0.3, 0.4) is 0 Å². The first-order valence-electron chi connectivity index (χ1n) is 6.41. The molecule has 1 aliphatic rings. The van der Waals surface area contributed by atoms with Crippen LogP contribution in [0.1, 0.15) is 24.9 Å². The molecule has 1 aliphatic heterocycles. The lowest BCUT2D eigenvalue weighted by Gasteiger charge is -2.20. The quantitative estimate of drug-likeness (QED) is 0.754. The Labute approximate surface area is 112 Å². The molecule has 5 nitrogen and oxygen atoms in total. The molecule has 1 fully saturated rings. The van der Waals surface area contributed by atoms with Crippen LogP contribution in [0.4, 0.5) is 0 Å². The second-order valence-electron chi connectivity index (χ2n) is 4.89. The van der Waals surface area contributed by atoms with Gasteiger partial charge in [-0.1, -0.05) is 37.3 Å². The number of carbonyl (C=O) groups is 2. The minimum Gasteiger partial charge on any atom is -0.479 e. The van der Waals surface area contributed by atoms with E-state index in [0.29, 0.717) is 5.56 Å². The van der Waals surface area contributed by atoms with Gasteiger partial charge in [-0.05, 0) is 24.4 Å². The fraction of sp³-hybridized carbons (Fsp3) is 0.429. The molecule has 5 heteroatoms. The molecule has 102 valence electrons. The number of rotatable bonds is 4. The van der Waals surface area contributed by atoms with Gasteiger partial charge in [0.2, 0.25) is 5.91 Å². The van der Waals surface area contributed by atoms with Gasteiger partial charge >= 0.3 is 5.97 Å². The first-order chi connectivity index (χ1) is 9.09. The van der Waals surface area contributed by atoms with Crippen LogP contribution in [0.15, 0.2) is 30.3 Å². The molecule has 19 heavy (non-hydrogen) atoms. The normalized spacial score (nSPS) is 23.8. The molecule has 0 aliphatic carbocycles. The van der Waals surface area contributed by atoms with Crippen molar-refractivity contribution < 1.29 is 14.7 Å². The molecule has 0 saturated carbocycles. The summed E-state index contributed by atoms with van der Waals surface area (Å²) in [4.78, 5) is 23.4. The molecular formula is C14H18N2O3. The Morgan fingerprint density at radius 3 is 2.58 bits per heavy atom. The molecule has 3 N–H and O–H groups in total. The number of amides is 1. The molecule has 1 amide bonds. The third-order valence-corrected chi connectivity index (χ3v) is 3.48. The predicted molar refractivity (Wildman–Crippen MR) is 70.5 cm³/mol. The summed E-state index contributed by atoms with van der Waals surface area (Å²) in [7, 11) is 0. The van der Waals surface area contributed by atoms with Gasteiger partial charge < -0.3 is 15.7 Å². The molecular weight excluding hydrogens is 244 g/mol. The van der Waals surface area contributed by atoms with Crippen LogP contribution in [0.25, 0.3) is 0 Å². The van der Waals surface area contributed by atoms with Gasteiger partial charge in [-0.25, -0.2) is 4.79 Å². The third kappa shape index (κ3) is 3.12. The Morgan fingerprint density at radius 2 is 2.05 bits per heavy atom. The Kier molecular flexibility index (Phi) is 4.16. The zero-order chi connectivity index (χ0) is 13.8. The Balaban J connectivity index is 2.09. The number of hydrogen-bond donors (Lipinski definition) is 3. The van der Waals surface area contributed by atoms with Gasteiger partial charge in [-0.2, -0.15) is 0 Å². The third-order valence-electron chi connectivity index (χ3n) is 3.48. The Morgan fingerprint density at radius 1 is 1.37 bits per heavy atom. The second kappa shape index (κ2) is 5.84. The van der Waals surface area contributed by atoms with Crippen molar-refractivity contribution >= 4 is 11.9 Å². The standard InChI is InChI=1S/C14H18N2O3/c1-9-7-8-15-11(9)13(17)16-12(14(18)19)10-5-3-2-4-6-10/h2-6,9,11-12,15H,7-8H2,1H3,(H,16,17)(H,18,19). The van der Waals surface area contributed by atoms with Crippen LogP contribution in [0, 0.1) is 5.92 Å². The fourth-order valence-electron chi connectivity index (χ4n) is 2.35. The molecule has 1 heterocycles. The molecule has 1 aromatic carbocycles. The number of carbonyl (C=O) groups excluding carboxylic acids is 1. The van der Waals surface area contributed by atoms with Crippen LogP contribution in [-0.4, -0.2) is 29.6 Å². The fourth-order valence-corrected chi connectivity index (χ4v) is 2.35. The highest BCUT2D eigenvalue weighted by atomic mass is 16.4. The van der Waals surface area contributed by atoms with Gasteiger partial charge in [0.25, 0.3) is 0 Å². The highest BCUT2D eigenvalue weighted by molar-refractivity contribution is 5.88. The van der Waals surface area contributed by atoms with Crippen molar-refractivity contribution in [1.29, 1.82) is 0 Å². The lowest BCUT2D eigenvalue weighted by Crippen LogP contribution is -2.46. The zero-order valence-corrected chi connectivity index (χ0v) is 10.8. The average Bonchev–Trinajstić information content (AvgIpc) is 2.82. The van der Waals surface area contributed by atoms with Crippen LogP contribution in [-0.2, 0) is 9.59 Å². The van der Waals surface area contributed by atoms with Gasteiger partial charge in [-0.3, -0.25) is 4.79 Å². The van der Waals surface area contributed by atoms with E-state index in [-0.39, 0.29) is 17.9 Å². The van der Waals surface area contributed by atoms with Crippen LogP contribution >= 0.6 is 0 Å². The number of aliphatic carboxylic acids is 1. The largest absolute Gasteiger partial charge is 0.479 e. The van der Waals surface area contributed by atoms with Crippen molar-refractivity contribution in [3.8, 4) is 0 Å².